The molecule has 0 unspecified atom stereocenters. The van der Waals surface area contributed by atoms with Crippen LogP contribution in [-0.2, 0) is 4.79 Å². The molecule has 166 valence electrons. The Labute approximate surface area is 180 Å². The summed E-state index contributed by atoms with van der Waals surface area (Å²) in [5.74, 6) is -0.153. The largest absolute Gasteiger partial charge is 0.352 e. The molecule has 0 aliphatic carbocycles. The predicted octanol–water partition coefficient (Wildman–Crippen LogP) is 2.78. The number of rotatable bonds is 7. The van der Waals surface area contributed by atoms with E-state index in [1.165, 1.54) is 0 Å². The fourth-order valence-corrected chi connectivity index (χ4v) is 3.47. The lowest BCUT2D eigenvalue weighted by Gasteiger charge is -2.36. The van der Waals surface area contributed by atoms with Gasteiger partial charge in [-0.25, -0.2) is 4.79 Å². The summed E-state index contributed by atoms with van der Waals surface area (Å²) in [4.78, 5) is 39.9. The molecular formula is C23H36N4O3. The van der Waals surface area contributed by atoms with E-state index in [0.29, 0.717) is 37.4 Å². The molecule has 1 aromatic rings. The molecule has 1 aliphatic heterocycles. The van der Waals surface area contributed by atoms with Crippen LogP contribution >= 0.6 is 0 Å². The molecule has 30 heavy (non-hydrogen) atoms. The average molecular weight is 417 g/mol. The van der Waals surface area contributed by atoms with Crippen molar-refractivity contribution >= 4 is 17.8 Å². The molecular weight excluding hydrogens is 380 g/mol. The maximum absolute atomic E-state index is 13.1. The highest BCUT2D eigenvalue weighted by atomic mass is 16.2. The number of hydrogen-bond acceptors (Lipinski definition) is 3. The third-order valence-corrected chi connectivity index (χ3v) is 5.69. The van der Waals surface area contributed by atoms with E-state index in [-0.39, 0.29) is 35.8 Å². The quantitative estimate of drug-likeness (QED) is 0.638. The molecule has 1 saturated heterocycles. The van der Waals surface area contributed by atoms with Crippen LogP contribution in [0.4, 0.5) is 4.79 Å². The van der Waals surface area contributed by atoms with E-state index in [2.05, 4.69) is 16.0 Å². The number of hydrogen-bond donors (Lipinski definition) is 3. The van der Waals surface area contributed by atoms with Gasteiger partial charge in [0.15, 0.2) is 0 Å². The van der Waals surface area contributed by atoms with Gasteiger partial charge in [0, 0.05) is 30.7 Å². The fraction of sp³-hybridized carbons (Fsp3) is 0.609. The number of nitrogens with zero attached hydrogens (tertiary/aromatic N) is 1. The zero-order chi connectivity index (χ0) is 22.3. The summed E-state index contributed by atoms with van der Waals surface area (Å²) >= 11 is 0. The lowest BCUT2D eigenvalue weighted by molar-refractivity contribution is -0.125. The van der Waals surface area contributed by atoms with Crippen LogP contribution in [0, 0.1) is 11.8 Å². The van der Waals surface area contributed by atoms with Gasteiger partial charge in [-0.2, -0.15) is 0 Å². The number of urea groups is 1. The van der Waals surface area contributed by atoms with Crippen molar-refractivity contribution in [3.8, 4) is 0 Å². The van der Waals surface area contributed by atoms with Crippen LogP contribution in [0.2, 0.25) is 0 Å². The Morgan fingerprint density at radius 2 is 1.50 bits per heavy atom. The van der Waals surface area contributed by atoms with Gasteiger partial charge in [-0.3, -0.25) is 9.59 Å². The molecule has 0 bridgehead atoms. The first kappa shape index (κ1) is 23.7. The molecule has 1 aromatic carbocycles. The standard InChI is InChI=1S/C23H36N4O3/c1-15(2)17(5)25-22(29)20(26-21(28)19-9-7-6-8-10-19)18-11-13-27(14-12-18)23(30)24-16(3)4/h6-10,15-18,20H,11-14H2,1-5H3,(H,24,30)(H,25,29)(H,26,28)/t17-,20-/m1/s1. The molecule has 0 saturated carbocycles. The van der Waals surface area contributed by atoms with E-state index in [4.69, 9.17) is 0 Å². The molecule has 1 aliphatic rings. The highest BCUT2D eigenvalue weighted by Crippen LogP contribution is 2.22. The van der Waals surface area contributed by atoms with Gasteiger partial charge < -0.3 is 20.9 Å². The van der Waals surface area contributed by atoms with Crippen LogP contribution in [0.1, 0.15) is 57.8 Å². The van der Waals surface area contributed by atoms with Crippen LogP contribution in [0.3, 0.4) is 0 Å². The minimum Gasteiger partial charge on any atom is -0.352 e. The normalized spacial score (nSPS) is 16.8. The molecule has 4 amide bonds. The molecule has 0 radical (unpaired) electrons. The molecule has 7 heteroatoms. The molecule has 2 rings (SSSR count). The summed E-state index contributed by atoms with van der Waals surface area (Å²) in [5.41, 5.74) is 0.529. The number of likely N-dealkylation sites (tertiary alicyclic amines) is 1. The molecule has 2 atom stereocenters. The second kappa shape index (κ2) is 11.0. The molecule has 3 N–H and O–H groups in total. The van der Waals surface area contributed by atoms with Gasteiger partial charge in [-0.05, 0) is 57.6 Å². The second-order valence-corrected chi connectivity index (χ2v) is 8.79. The SMILES string of the molecule is CC(C)NC(=O)N1CCC([C@@H](NC(=O)c2ccccc2)C(=O)N[C@H](C)C(C)C)CC1. The maximum Gasteiger partial charge on any atom is 0.317 e. The minimum absolute atomic E-state index is 0.00513. The number of piperidine rings is 1. The number of carbonyl (C=O) groups excluding carboxylic acids is 3. The van der Waals surface area contributed by atoms with Crippen LogP contribution in [-0.4, -0.2) is 54.0 Å². The van der Waals surface area contributed by atoms with Crippen LogP contribution in [0.15, 0.2) is 30.3 Å². The van der Waals surface area contributed by atoms with Gasteiger partial charge in [0.1, 0.15) is 6.04 Å². The van der Waals surface area contributed by atoms with Crippen molar-refractivity contribution in [2.45, 2.75) is 65.6 Å². The van der Waals surface area contributed by atoms with E-state index in [1.54, 1.807) is 29.2 Å². The Kier molecular flexibility index (Phi) is 8.69. The summed E-state index contributed by atoms with van der Waals surface area (Å²) in [5, 5.41) is 8.91. The van der Waals surface area contributed by atoms with Gasteiger partial charge in [0.2, 0.25) is 5.91 Å². The van der Waals surface area contributed by atoms with E-state index in [9.17, 15) is 14.4 Å². The van der Waals surface area contributed by atoms with E-state index in [0.717, 1.165) is 0 Å². The number of carbonyl (C=O) groups is 3. The number of benzene rings is 1. The topological polar surface area (TPSA) is 90.5 Å². The summed E-state index contributed by atoms with van der Waals surface area (Å²) in [6, 6.07) is 8.30. The van der Waals surface area contributed by atoms with Crippen molar-refractivity contribution in [2.75, 3.05) is 13.1 Å². The Morgan fingerprint density at radius 3 is 2.03 bits per heavy atom. The van der Waals surface area contributed by atoms with E-state index in [1.807, 2.05) is 40.7 Å². The molecule has 1 fully saturated rings. The Bertz CT molecular complexity index is 712. The van der Waals surface area contributed by atoms with Gasteiger partial charge >= 0.3 is 6.03 Å². The highest BCUT2D eigenvalue weighted by Gasteiger charge is 2.34. The van der Waals surface area contributed by atoms with E-state index >= 15 is 0 Å². The van der Waals surface area contributed by atoms with Crippen molar-refractivity contribution in [1.29, 1.82) is 0 Å². The monoisotopic (exact) mass is 416 g/mol. The third kappa shape index (κ3) is 6.75. The first-order chi connectivity index (χ1) is 14.2. The van der Waals surface area contributed by atoms with Crippen LogP contribution < -0.4 is 16.0 Å². The van der Waals surface area contributed by atoms with Crippen molar-refractivity contribution in [3.05, 3.63) is 35.9 Å². The molecule has 7 nitrogen and oxygen atoms in total. The number of amides is 4. The lowest BCUT2D eigenvalue weighted by Crippen LogP contribution is -2.56. The second-order valence-electron chi connectivity index (χ2n) is 8.79. The molecule has 0 spiro atoms. The van der Waals surface area contributed by atoms with Gasteiger partial charge in [-0.1, -0.05) is 32.0 Å². The summed E-state index contributed by atoms with van der Waals surface area (Å²) in [6.45, 7) is 11.1. The van der Waals surface area contributed by atoms with Crippen molar-refractivity contribution < 1.29 is 14.4 Å². The third-order valence-electron chi connectivity index (χ3n) is 5.69. The summed E-state index contributed by atoms with van der Waals surface area (Å²) in [6.07, 6.45) is 1.32. The van der Waals surface area contributed by atoms with Crippen molar-refractivity contribution in [3.63, 3.8) is 0 Å². The van der Waals surface area contributed by atoms with Gasteiger partial charge in [0.05, 0.1) is 0 Å². The minimum atomic E-state index is -0.630. The van der Waals surface area contributed by atoms with Crippen LogP contribution in [0.25, 0.3) is 0 Å². The van der Waals surface area contributed by atoms with Gasteiger partial charge in [-0.15, -0.1) is 0 Å². The summed E-state index contributed by atoms with van der Waals surface area (Å²) in [7, 11) is 0. The lowest BCUT2D eigenvalue weighted by atomic mass is 9.88. The maximum atomic E-state index is 13.1. The number of nitrogens with one attached hydrogen (secondary N) is 3. The predicted molar refractivity (Wildman–Crippen MR) is 118 cm³/mol. The Balaban J connectivity index is 2.08. The first-order valence-electron chi connectivity index (χ1n) is 10.9. The zero-order valence-electron chi connectivity index (χ0n) is 18.8. The first-order valence-corrected chi connectivity index (χ1v) is 10.9. The van der Waals surface area contributed by atoms with Crippen molar-refractivity contribution in [1.82, 2.24) is 20.9 Å². The van der Waals surface area contributed by atoms with Crippen molar-refractivity contribution in [2.24, 2.45) is 11.8 Å². The Hall–Kier alpha value is -2.57. The highest BCUT2D eigenvalue weighted by molar-refractivity contribution is 5.97. The fourth-order valence-electron chi connectivity index (χ4n) is 3.47. The zero-order valence-corrected chi connectivity index (χ0v) is 18.8. The van der Waals surface area contributed by atoms with Crippen LogP contribution in [0.5, 0.6) is 0 Å². The average Bonchev–Trinajstić information content (AvgIpc) is 2.71. The molecule has 0 aromatic heterocycles. The summed E-state index contributed by atoms with van der Waals surface area (Å²) < 4.78 is 0. The van der Waals surface area contributed by atoms with E-state index < -0.39 is 6.04 Å². The van der Waals surface area contributed by atoms with Gasteiger partial charge in [0.25, 0.3) is 5.91 Å². The molecule has 1 heterocycles. The smallest absolute Gasteiger partial charge is 0.317 e. The Morgan fingerprint density at radius 1 is 0.900 bits per heavy atom.